The summed E-state index contributed by atoms with van der Waals surface area (Å²) in [5.41, 5.74) is 17.9. The molecule has 10 aromatic rings. The van der Waals surface area contributed by atoms with Crippen molar-refractivity contribution < 1.29 is 4.42 Å². The van der Waals surface area contributed by atoms with Gasteiger partial charge >= 0.3 is 0 Å². The highest BCUT2D eigenvalue weighted by Gasteiger charge is 2.16. The molecule has 0 saturated heterocycles. The van der Waals surface area contributed by atoms with Crippen LogP contribution in [-0.2, 0) is 0 Å². The molecule has 0 bridgehead atoms. The van der Waals surface area contributed by atoms with Gasteiger partial charge in [0.05, 0.1) is 0 Å². The van der Waals surface area contributed by atoms with Crippen LogP contribution < -0.4 is 9.80 Å². The van der Waals surface area contributed by atoms with Gasteiger partial charge in [0.15, 0.2) is 0 Å². The summed E-state index contributed by atoms with van der Waals surface area (Å²) in [6, 6.07) is 80.3. The van der Waals surface area contributed by atoms with Crippen LogP contribution >= 0.6 is 0 Å². The van der Waals surface area contributed by atoms with Gasteiger partial charge in [-0.3, -0.25) is 0 Å². The lowest BCUT2D eigenvalue weighted by Crippen LogP contribution is -2.10. The summed E-state index contributed by atoms with van der Waals surface area (Å²) in [6.07, 6.45) is 3.77. The zero-order valence-corrected chi connectivity index (χ0v) is 39.3. The molecule has 5 heteroatoms. The predicted molar refractivity (Wildman–Crippen MR) is 291 cm³/mol. The molecule has 336 valence electrons. The lowest BCUT2D eigenvalue weighted by molar-refractivity contribution is 0.584. The van der Waals surface area contributed by atoms with Crippen molar-refractivity contribution >= 4 is 46.3 Å². The number of anilines is 6. The molecule has 0 fully saturated rings. The van der Waals surface area contributed by atoms with Crippen molar-refractivity contribution in [3.05, 3.63) is 266 Å². The molecule has 1 aromatic heterocycles. The van der Waals surface area contributed by atoms with E-state index in [9.17, 15) is 0 Å². The average Bonchev–Trinajstić information content (AvgIpc) is 3.91. The highest BCUT2D eigenvalue weighted by molar-refractivity contribution is 5.82. The van der Waals surface area contributed by atoms with E-state index in [4.69, 9.17) is 4.42 Å². The Balaban J connectivity index is 0.000000194. The summed E-state index contributed by atoms with van der Waals surface area (Å²) in [5.74, 6) is 1.58. The largest absolute Gasteiger partial charge is 0.416 e. The Kier molecular flexibility index (Phi) is 14.0. The fourth-order valence-electron chi connectivity index (χ4n) is 8.33. The summed E-state index contributed by atoms with van der Waals surface area (Å²) >= 11 is 0. The third-order valence-corrected chi connectivity index (χ3v) is 12.1. The summed E-state index contributed by atoms with van der Waals surface area (Å²) in [4.78, 5) is 4.57. The SMILES string of the molecule is C=Cc1cccc(N(c2ccccc2)c2ccc(-c3ccc(N(c4cccc(C)c4)c4cccc(C=C)c4)cc3)cc2)c1.CC(C)c1ccc(-c2nnc(-c3ccc(-c4ccccc4)cc3)o2)cc1. The molecule has 0 aliphatic heterocycles. The first-order valence-corrected chi connectivity index (χ1v) is 23.3. The molecule has 0 atom stereocenters. The van der Waals surface area contributed by atoms with Crippen molar-refractivity contribution in [2.45, 2.75) is 26.7 Å². The Morgan fingerprint density at radius 1 is 0.377 bits per heavy atom. The minimum absolute atomic E-state index is 0.505. The molecule has 0 aliphatic carbocycles. The van der Waals surface area contributed by atoms with E-state index in [1.165, 1.54) is 33.4 Å². The van der Waals surface area contributed by atoms with E-state index >= 15 is 0 Å². The van der Waals surface area contributed by atoms with Gasteiger partial charge in [-0.1, -0.05) is 173 Å². The number of benzene rings is 9. The predicted octanol–water partition coefficient (Wildman–Crippen LogP) is 18.1. The highest BCUT2D eigenvalue weighted by atomic mass is 16.4. The van der Waals surface area contributed by atoms with Crippen LogP contribution in [0.2, 0.25) is 0 Å². The third-order valence-electron chi connectivity index (χ3n) is 12.1. The normalized spacial score (nSPS) is 10.8. The van der Waals surface area contributed by atoms with Crippen LogP contribution in [0.4, 0.5) is 34.1 Å². The topological polar surface area (TPSA) is 45.4 Å². The molecule has 0 N–H and O–H groups in total. The van der Waals surface area contributed by atoms with Crippen molar-refractivity contribution in [2.24, 2.45) is 0 Å². The molecule has 0 saturated carbocycles. The standard InChI is InChI=1S/C41H34N2.C23H20N2O/c1-4-32-13-10-18-40(29-32)42(36-15-7-6-8-16-36)37-24-20-34(21-25-37)35-22-26-38(27-23-35)43(39-17-9-12-31(3)28-39)41-19-11-14-33(5-2)30-41;1-16(2)17-8-12-20(13-9-17)22-24-25-23(26-22)21-14-10-19(11-15-21)18-6-4-3-5-7-18/h4-30H,1-2H2,3H3;3-16H,1-2H3. The second kappa shape index (κ2) is 21.2. The Labute approximate surface area is 406 Å². The maximum Gasteiger partial charge on any atom is 0.248 e. The number of nitrogens with zero attached hydrogens (tertiary/aromatic N) is 4. The highest BCUT2D eigenvalue weighted by Crippen LogP contribution is 2.39. The van der Waals surface area contributed by atoms with Crippen molar-refractivity contribution in [2.75, 3.05) is 9.80 Å². The van der Waals surface area contributed by atoms with Crippen LogP contribution in [0.15, 0.2) is 248 Å². The van der Waals surface area contributed by atoms with E-state index in [1.807, 2.05) is 60.7 Å². The van der Waals surface area contributed by atoms with Crippen LogP contribution in [-0.4, -0.2) is 10.2 Å². The van der Waals surface area contributed by atoms with Gasteiger partial charge in [0.1, 0.15) is 0 Å². The molecule has 0 unspecified atom stereocenters. The summed E-state index contributed by atoms with van der Waals surface area (Å²) in [5, 5.41) is 8.41. The van der Waals surface area contributed by atoms with Gasteiger partial charge in [0.2, 0.25) is 11.8 Å². The van der Waals surface area contributed by atoms with Crippen molar-refractivity contribution in [3.8, 4) is 45.2 Å². The first-order chi connectivity index (χ1) is 33.8. The van der Waals surface area contributed by atoms with E-state index in [-0.39, 0.29) is 0 Å². The van der Waals surface area contributed by atoms with E-state index in [0.717, 1.165) is 56.4 Å². The molecule has 9 aromatic carbocycles. The van der Waals surface area contributed by atoms with Gasteiger partial charge < -0.3 is 14.2 Å². The number of aryl methyl sites for hydroxylation is 1. The van der Waals surface area contributed by atoms with Crippen molar-refractivity contribution in [1.29, 1.82) is 0 Å². The first-order valence-electron chi connectivity index (χ1n) is 23.3. The van der Waals surface area contributed by atoms with Crippen LogP contribution in [0.3, 0.4) is 0 Å². The quantitative estimate of drug-likeness (QED) is 0.115. The fraction of sp³-hybridized carbons (Fsp3) is 0.0625. The Hall–Kier alpha value is -8.80. The summed E-state index contributed by atoms with van der Waals surface area (Å²) in [6.45, 7) is 14.4. The summed E-state index contributed by atoms with van der Waals surface area (Å²) < 4.78 is 5.88. The smallest absolute Gasteiger partial charge is 0.248 e. The second-order valence-electron chi connectivity index (χ2n) is 17.2. The first kappa shape index (κ1) is 45.4. The van der Waals surface area contributed by atoms with E-state index in [1.54, 1.807) is 0 Å². The Morgan fingerprint density at radius 2 is 0.739 bits per heavy atom. The van der Waals surface area contributed by atoms with Crippen LogP contribution in [0.1, 0.15) is 42.0 Å². The molecule has 10 rings (SSSR count). The van der Waals surface area contributed by atoms with Crippen LogP contribution in [0.5, 0.6) is 0 Å². The maximum absolute atomic E-state index is 5.88. The Bertz CT molecular complexity index is 3270. The molecule has 1 heterocycles. The van der Waals surface area contributed by atoms with Gasteiger partial charge in [-0.25, -0.2) is 0 Å². The second-order valence-corrected chi connectivity index (χ2v) is 17.2. The monoisotopic (exact) mass is 894 g/mol. The minimum Gasteiger partial charge on any atom is -0.416 e. The average molecular weight is 895 g/mol. The molecule has 0 spiro atoms. The maximum atomic E-state index is 5.88. The molecule has 5 nitrogen and oxygen atoms in total. The molecule has 0 amide bonds. The molecular weight excluding hydrogens is 841 g/mol. The van der Waals surface area contributed by atoms with Gasteiger partial charge in [0, 0.05) is 45.3 Å². The van der Waals surface area contributed by atoms with Gasteiger partial charge in [-0.05, 0) is 154 Å². The van der Waals surface area contributed by atoms with E-state index in [0.29, 0.717) is 17.7 Å². The lowest BCUT2D eigenvalue weighted by Gasteiger charge is -2.26. The molecule has 69 heavy (non-hydrogen) atoms. The van der Waals surface area contributed by atoms with Gasteiger partial charge in [0.25, 0.3) is 0 Å². The van der Waals surface area contributed by atoms with Gasteiger partial charge in [-0.2, -0.15) is 0 Å². The van der Waals surface area contributed by atoms with E-state index < -0.39 is 0 Å². The van der Waals surface area contributed by atoms with Crippen molar-refractivity contribution in [1.82, 2.24) is 10.2 Å². The number of aromatic nitrogens is 2. The van der Waals surface area contributed by atoms with Crippen molar-refractivity contribution in [3.63, 3.8) is 0 Å². The molecular formula is C64H54N4O. The zero-order valence-electron chi connectivity index (χ0n) is 39.3. The van der Waals surface area contributed by atoms with Crippen LogP contribution in [0, 0.1) is 6.92 Å². The summed E-state index contributed by atoms with van der Waals surface area (Å²) in [7, 11) is 0. The molecule has 0 radical (unpaired) electrons. The number of para-hydroxylation sites is 1. The number of rotatable bonds is 13. The van der Waals surface area contributed by atoms with Crippen LogP contribution in [0.25, 0.3) is 57.3 Å². The fourth-order valence-corrected chi connectivity index (χ4v) is 8.33. The lowest BCUT2D eigenvalue weighted by atomic mass is 10.0. The zero-order chi connectivity index (χ0) is 47.5. The molecule has 0 aliphatic rings. The Morgan fingerprint density at radius 3 is 1.20 bits per heavy atom. The van der Waals surface area contributed by atoms with Gasteiger partial charge in [-0.15, -0.1) is 10.2 Å². The minimum atomic E-state index is 0.505. The number of hydrogen-bond acceptors (Lipinski definition) is 5. The third kappa shape index (κ3) is 10.8. The number of hydrogen-bond donors (Lipinski definition) is 0. The van der Waals surface area contributed by atoms with E-state index in [2.05, 4.69) is 236 Å².